The van der Waals surface area contributed by atoms with Crippen LogP contribution in [0.25, 0.3) is 0 Å². The Bertz CT molecular complexity index is 691. The van der Waals surface area contributed by atoms with Gasteiger partial charge in [-0.2, -0.15) is 0 Å². The molecule has 1 aromatic heterocycles. The van der Waals surface area contributed by atoms with Crippen LogP contribution in [0.2, 0.25) is 0 Å². The highest BCUT2D eigenvalue weighted by Gasteiger charge is 2.09. The average molecular weight is 304 g/mol. The van der Waals surface area contributed by atoms with E-state index in [-0.39, 0.29) is 10.7 Å². The molecule has 0 fully saturated rings. The van der Waals surface area contributed by atoms with E-state index in [1.807, 2.05) is 0 Å². The number of urea groups is 1. The maximum absolute atomic E-state index is 11.7. The van der Waals surface area contributed by atoms with Crippen molar-refractivity contribution in [2.45, 2.75) is 6.92 Å². The molecule has 1 heterocycles. The summed E-state index contributed by atoms with van der Waals surface area (Å²) in [5.41, 5.74) is 1.10. The van der Waals surface area contributed by atoms with Crippen LogP contribution in [0.5, 0.6) is 0 Å². The fraction of sp³-hybridized carbons (Fsp3) is 0.0714. The molecular formula is C14H12N2O4S. The molecule has 2 aromatic rings. The minimum Gasteiger partial charge on any atom is -0.477 e. The molecule has 0 saturated heterocycles. The fourth-order valence-electron chi connectivity index (χ4n) is 1.58. The van der Waals surface area contributed by atoms with Crippen LogP contribution in [0.4, 0.5) is 15.5 Å². The van der Waals surface area contributed by atoms with Gasteiger partial charge in [-0.1, -0.05) is 0 Å². The summed E-state index contributed by atoms with van der Waals surface area (Å²) >= 11 is 0.970. The first-order valence-corrected chi connectivity index (χ1v) is 6.79. The number of amides is 2. The Balaban J connectivity index is 1.97. The number of anilines is 2. The number of hydrogen-bond acceptors (Lipinski definition) is 4. The predicted molar refractivity (Wildman–Crippen MR) is 80.4 cm³/mol. The second-order valence-electron chi connectivity index (χ2n) is 4.18. The normalized spacial score (nSPS) is 9.95. The van der Waals surface area contributed by atoms with E-state index < -0.39 is 12.0 Å². The Hall–Kier alpha value is -2.67. The van der Waals surface area contributed by atoms with E-state index in [4.69, 9.17) is 5.11 Å². The molecule has 0 radical (unpaired) electrons. The van der Waals surface area contributed by atoms with E-state index in [0.29, 0.717) is 16.3 Å². The Labute approximate surface area is 124 Å². The van der Waals surface area contributed by atoms with Crippen LogP contribution in [-0.4, -0.2) is 22.9 Å². The summed E-state index contributed by atoms with van der Waals surface area (Å²) in [5.74, 6) is -1.08. The van der Waals surface area contributed by atoms with E-state index in [9.17, 15) is 14.4 Å². The molecule has 2 rings (SSSR count). The highest BCUT2D eigenvalue weighted by molar-refractivity contribution is 7.18. The number of hydrogen-bond donors (Lipinski definition) is 3. The predicted octanol–water partition coefficient (Wildman–Crippen LogP) is 3.29. The molecule has 108 valence electrons. The molecule has 3 N–H and O–H groups in total. The quantitative estimate of drug-likeness (QED) is 0.755. The van der Waals surface area contributed by atoms with Gasteiger partial charge in [-0.25, -0.2) is 9.59 Å². The van der Waals surface area contributed by atoms with E-state index in [1.54, 1.807) is 24.3 Å². The van der Waals surface area contributed by atoms with Crippen LogP contribution in [0.15, 0.2) is 36.4 Å². The van der Waals surface area contributed by atoms with Crippen LogP contribution in [0.3, 0.4) is 0 Å². The van der Waals surface area contributed by atoms with Crippen molar-refractivity contribution in [2.75, 3.05) is 10.6 Å². The van der Waals surface area contributed by atoms with Crippen LogP contribution in [0, 0.1) is 0 Å². The van der Waals surface area contributed by atoms with E-state index in [1.165, 1.54) is 19.1 Å². The Kier molecular flexibility index (Phi) is 4.34. The van der Waals surface area contributed by atoms with Gasteiger partial charge in [-0.05, 0) is 43.3 Å². The average Bonchev–Trinajstić information content (AvgIpc) is 2.87. The van der Waals surface area contributed by atoms with Crippen molar-refractivity contribution in [3.05, 3.63) is 46.8 Å². The molecule has 2 amide bonds. The number of rotatable bonds is 4. The standard InChI is InChI=1S/C14H12N2O4S/c1-8(17)9-2-4-10(5-3-9)15-14(20)16-12-7-6-11(21-12)13(18)19/h2-7H,1H3,(H,18,19)(H2,15,16,20). The number of nitrogens with one attached hydrogen (secondary N) is 2. The minimum atomic E-state index is -1.03. The third-order valence-corrected chi connectivity index (χ3v) is 3.59. The van der Waals surface area contributed by atoms with Crippen LogP contribution in [0.1, 0.15) is 27.0 Å². The van der Waals surface area contributed by atoms with Crippen LogP contribution >= 0.6 is 11.3 Å². The van der Waals surface area contributed by atoms with Gasteiger partial charge in [0, 0.05) is 11.3 Å². The van der Waals surface area contributed by atoms with Gasteiger partial charge in [0.2, 0.25) is 0 Å². The van der Waals surface area contributed by atoms with Crippen molar-refractivity contribution in [3.8, 4) is 0 Å². The molecule has 0 aliphatic heterocycles. The molecule has 0 saturated carbocycles. The Morgan fingerprint density at radius 2 is 1.67 bits per heavy atom. The first-order chi connectivity index (χ1) is 9.95. The maximum atomic E-state index is 11.7. The van der Waals surface area contributed by atoms with Gasteiger partial charge in [0.1, 0.15) is 4.88 Å². The van der Waals surface area contributed by atoms with Gasteiger partial charge < -0.3 is 10.4 Å². The summed E-state index contributed by atoms with van der Waals surface area (Å²) in [4.78, 5) is 33.8. The monoisotopic (exact) mass is 304 g/mol. The summed E-state index contributed by atoms with van der Waals surface area (Å²) in [6, 6.07) is 8.93. The highest BCUT2D eigenvalue weighted by Crippen LogP contribution is 2.22. The van der Waals surface area contributed by atoms with Crippen molar-refractivity contribution in [3.63, 3.8) is 0 Å². The number of carboxylic acids is 1. The Morgan fingerprint density at radius 1 is 1.00 bits per heavy atom. The molecule has 21 heavy (non-hydrogen) atoms. The largest absolute Gasteiger partial charge is 0.477 e. The number of carbonyl (C=O) groups excluding carboxylic acids is 2. The number of carbonyl (C=O) groups is 3. The zero-order chi connectivity index (χ0) is 15.4. The summed E-state index contributed by atoms with van der Waals surface area (Å²) in [6.07, 6.45) is 0. The molecule has 6 nitrogen and oxygen atoms in total. The summed E-state index contributed by atoms with van der Waals surface area (Å²) < 4.78 is 0. The van der Waals surface area contributed by atoms with Gasteiger partial charge in [0.25, 0.3) is 0 Å². The molecule has 1 aromatic carbocycles. The van der Waals surface area contributed by atoms with Crippen LogP contribution < -0.4 is 10.6 Å². The molecule has 0 aliphatic rings. The third kappa shape index (κ3) is 3.90. The van der Waals surface area contributed by atoms with Crippen molar-refractivity contribution in [1.82, 2.24) is 0 Å². The lowest BCUT2D eigenvalue weighted by molar-refractivity contribution is 0.0702. The van der Waals surface area contributed by atoms with Crippen molar-refractivity contribution in [2.24, 2.45) is 0 Å². The molecule has 0 aliphatic carbocycles. The lowest BCUT2D eigenvalue weighted by Gasteiger charge is -2.06. The maximum Gasteiger partial charge on any atom is 0.345 e. The fourth-order valence-corrected chi connectivity index (χ4v) is 2.32. The van der Waals surface area contributed by atoms with Crippen molar-refractivity contribution >= 4 is 39.8 Å². The summed E-state index contributed by atoms with van der Waals surface area (Å²) in [6.45, 7) is 1.46. The van der Waals surface area contributed by atoms with Gasteiger partial charge in [-0.3, -0.25) is 10.1 Å². The second kappa shape index (κ2) is 6.19. The topological polar surface area (TPSA) is 95.5 Å². The van der Waals surface area contributed by atoms with E-state index in [0.717, 1.165) is 11.3 Å². The molecule has 0 bridgehead atoms. The lowest BCUT2D eigenvalue weighted by Crippen LogP contribution is -2.18. The third-order valence-electron chi connectivity index (χ3n) is 2.60. The molecule has 0 unspecified atom stereocenters. The van der Waals surface area contributed by atoms with Gasteiger partial charge in [-0.15, -0.1) is 11.3 Å². The van der Waals surface area contributed by atoms with Crippen molar-refractivity contribution < 1.29 is 19.5 Å². The summed E-state index contributed by atoms with van der Waals surface area (Å²) in [5, 5.41) is 14.4. The van der Waals surface area contributed by atoms with Crippen molar-refractivity contribution in [1.29, 1.82) is 0 Å². The van der Waals surface area contributed by atoms with E-state index >= 15 is 0 Å². The number of ketones is 1. The molecule has 7 heteroatoms. The molecule has 0 spiro atoms. The number of aromatic carboxylic acids is 1. The first kappa shape index (κ1) is 14.7. The van der Waals surface area contributed by atoms with E-state index in [2.05, 4.69) is 10.6 Å². The highest BCUT2D eigenvalue weighted by atomic mass is 32.1. The zero-order valence-electron chi connectivity index (χ0n) is 11.0. The summed E-state index contributed by atoms with van der Waals surface area (Å²) in [7, 11) is 0. The molecule has 0 atom stereocenters. The van der Waals surface area contributed by atoms with Crippen LogP contribution in [-0.2, 0) is 0 Å². The zero-order valence-corrected chi connectivity index (χ0v) is 11.9. The minimum absolute atomic E-state index is 0.0502. The smallest absolute Gasteiger partial charge is 0.345 e. The SMILES string of the molecule is CC(=O)c1ccc(NC(=O)Nc2ccc(C(=O)O)s2)cc1. The Morgan fingerprint density at radius 3 is 2.19 bits per heavy atom. The number of carboxylic acid groups (broad SMARTS) is 1. The number of thiophene rings is 1. The lowest BCUT2D eigenvalue weighted by atomic mass is 10.1. The number of Topliss-reactive ketones (excluding diaryl/α,β-unsaturated/α-hetero) is 1. The number of benzene rings is 1. The first-order valence-electron chi connectivity index (χ1n) is 5.98. The van der Waals surface area contributed by atoms with Gasteiger partial charge in [0.05, 0.1) is 5.00 Å². The molecular weight excluding hydrogens is 292 g/mol. The van der Waals surface area contributed by atoms with Gasteiger partial charge >= 0.3 is 12.0 Å². The second-order valence-corrected chi connectivity index (χ2v) is 5.27. The van der Waals surface area contributed by atoms with Gasteiger partial charge in [0.15, 0.2) is 5.78 Å².